The second kappa shape index (κ2) is 8.64. The van der Waals surface area contributed by atoms with Crippen LogP contribution in [-0.4, -0.2) is 43.0 Å². The summed E-state index contributed by atoms with van der Waals surface area (Å²) in [5, 5.41) is 12.2. The first-order valence-corrected chi connectivity index (χ1v) is 9.96. The number of nitrogens with one attached hydrogen (secondary N) is 1. The van der Waals surface area contributed by atoms with Gasteiger partial charge in [-0.15, -0.1) is 0 Å². The molecule has 7 nitrogen and oxygen atoms in total. The van der Waals surface area contributed by atoms with Crippen molar-refractivity contribution in [3.05, 3.63) is 63.2 Å². The number of para-hydroxylation sites is 1. The molecule has 0 bridgehead atoms. The number of hydrogen-bond acceptors (Lipinski definition) is 5. The molecule has 3 rings (SSSR count). The lowest BCUT2D eigenvalue weighted by molar-refractivity contribution is -0.858. The van der Waals surface area contributed by atoms with Crippen LogP contribution in [0.2, 0.25) is 5.02 Å². The summed E-state index contributed by atoms with van der Waals surface area (Å²) in [7, 11) is 4.07. The molecule has 3 aromatic rings. The third-order valence-corrected chi connectivity index (χ3v) is 5.50. The SMILES string of the molecule is C[NH+](C)CCCN(C(=O)c1cc(Cl)ccc1[N+](=O)[O-])c1nc2ccccc2s1. The van der Waals surface area contributed by atoms with Crippen LogP contribution in [-0.2, 0) is 0 Å². The van der Waals surface area contributed by atoms with Crippen molar-refractivity contribution in [3.8, 4) is 0 Å². The molecular formula is C19H20ClN4O3S+. The predicted octanol–water partition coefficient (Wildman–Crippen LogP) is 3.04. The summed E-state index contributed by atoms with van der Waals surface area (Å²) in [4.78, 5) is 31.5. The van der Waals surface area contributed by atoms with Crippen LogP contribution in [0.25, 0.3) is 10.2 Å². The van der Waals surface area contributed by atoms with Crippen molar-refractivity contribution in [1.29, 1.82) is 0 Å². The van der Waals surface area contributed by atoms with Gasteiger partial charge in [0.1, 0.15) is 5.56 Å². The molecule has 0 atom stereocenters. The van der Waals surface area contributed by atoms with Gasteiger partial charge < -0.3 is 4.90 Å². The van der Waals surface area contributed by atoms with Crippen molar-refractivity contribution in [2.45, 2.75) is 6.42 Å². The molecule has 0 radical (unpaired) electrons. The zero-order chi connectivity index (χ0) is 20.3. The van der Waals surface area contributed by atoms with Gasteiger partial charge in [-0.2, -0.15) is 0 Å². The summed E-state index contributed by atoms with van der Waals surface area (Å²) in [6, 6.07) is 11.6. The first-order valence-electron chi connectivity index (χ1n) is 8.77. The van der Waals surface area contributed by atoms with Crippen molar-refractivity contribution in [1.82, 2.24) is 4.98 Å². The highest BCUT2D eigenvalue weighted by Crippen LogP contribution is 2.31. The number of fused-ring (bicyclic) bond motifs is 1. The number of nitro benzene ring substituents is 1. The molecule has 1 amide bonds. The fourth-order valence-electron chi connectivity index (χ4n) is 2.83. The van der Waals surface area contributed by atoms with Crippen LogP contribution in [0.15, 0.2) is 42.5 Å². The fourth-order valence-corrected chi connectivity index (χ4v) is 4.00. The number of nitro groups is 1. The highest BCUT2D eigenvalue weighted by molar-refractivity contribution is 7.22. The highest BCUT2D eigenvalue weighted by Gasteiger charge is 2.28. The molecule has 1 aromatic heterocycles. The first-order chi connectivity index (χ1) is 13.4. The van der Waals surface area contributed by atoms with Crippen LogP contribution in [0.5, 0.6) is 0 Å². The maximum atomic E-state index is 13.3. The van der Waals surface area contributed by atoms with E-state index in [1.807, 2.05) is 38.4 Å². The van der Waals surface area contributed by atoms with E-state index in [1.54, 1.807) is 0 Å². The number of carbonyl (C=O) groups excluding carboxylic acids is 1. The van der Waals surface area contributed by atoms with Crippen LogP contribution < -0.4 is 9.80 Å². The monoisotopic (exact) mass is 419 g/mol. The number of carbonyl (C=O) groups is 1. The number of halogens is 1. The number of rotatable bonds is 7. The van der Waals surface area contributed by atoms with E-state index < -0.39 is 10.8 Å². The topological polar surface area (TPSA) is 80.8 Å². The van der Waals surface area contributed by atoms with Gasteiger partial charge in [0.05, 0.1) is 35.8 Å². The minimum atomic E-state index is -0.565. The van der Waals surface area contributed by atoms with Gasteiger partial charge in [-0.3, -0.25) is 19.8 Å². The molecule has 0 saturated heterocycles. The maximum absolute atomic E-state index is 13.3. The summed E-state index contributed by atoms with van der Waals surface area (Å²) in [6.07, 6.45) is 0.734. The van der Waals surface area contributed by atoms with Gasteiger partial charge in [0.25, 0.3) is 11.6 Å². The fraction of sp³-hybridized carbons (Fsp3) is 0.263. The van der Waals surface area contributed by atoms with E-state index >= 15 is 0 Å². The molecule has 0 fully saturated rings. The van der Waals surface area contributed by atoms with Gasteiger partial charge in [-0.1, -0.05) is 35.1 Å². The standard InChI is InChI=1S/C19H19ClN4O3S/c1-22(2)10-5-11-23(19-21-15-6-3-4-7-17(15)28-19)18(25)14-12-13(20)8-9-16(14)24(26)27/h3-4,6-9,12H,5,10-11H2,1-2H3/p+1. The molecule has 0 aliphatic heterocycles. The smallest absolute Gasteiger partial charge is 0.282 e. The summed E-state index contributed by atoms with van der Waals surface area (Å²) in [6.45, 7) is 1.26. The molecule has 2 aromatic carbocycles. The Kier molecular flexibility index (Phi) is 6.23. The molecule has 0 aliphatic carbocycles. The summed E-state index contributed by atoms with van der Waals surface area (Å²) >= 11 is 7.41. The Balaban J connectivity index is 2.02. The third-order valence-electron chi connectivity index (χ3n) is 4.20. The molecule has 9 heteroatoms. The molecule has 0 unspecified atom stereocenters. The van der Waals surface area contributed by atoms with Crippen molar-refractivity contribution < 1.29 is 14.6 Å². The number of thiazole rings is 1. The largest absolute Gasteiger partial charge is 0.340 e. The quantitative estimate of drug-likeness (QED) is 0.471. The second-order valence-electron chi connectivity index (χ2n) is 6.65. The minimum Gasteiger partial charge on any atom is -0.340 e. The van der Waals surface area contributed by atoms with E-state index in [4.69, 9.17) is 11.6 Å². The number of aromatic nitrogens is 1. The molecule has 0 spiro atoms. The molecule has 1 N–H and O–H groups in total. The predicted molar refractivity (Wildman–Crippen MR) is 112 cm³/mol. The third kappa shape index (κ3) is 4.46. The Morgan fingerprint density at radius 3 is 2.71 bits per heavy atom. The molecule has 28 heavy (non-hydrogen) atoms. The molecule has 146 valence electrons. The van der Waals surface area contributed by atoms with E-state index in [9.17, 15) is 14.9 Å². The number of amides is 1. The molecule has 0 aliphatic rings. The van der Waals surface area contributed by atoms with Crippen LogP contribution in [0.1, 0.15) is 16.8 Å². The van der Waals surface area contributed by atoms with Gasteiger partial charge in [-0.05, 0) is 24.3 Å². The van der Waals surface area contributed by atoms with Gasteiger partial charge >= 0.3 is 0 Å². The lowest BCUT2D eigenvalue weighted by Gasteiger charge is -2.20. The van der Waals surface area contributed by atoms with E-state index in [-0.39, 0.29) is 16.3 Å². The molecule has 1 heterocycles. The van der Waals surface area contributed by atoms with Crippen molar-refractivity contribution >= 4 is 49.9 Å². The number of benzene rings is 2. The molecule has 0 saturated carbocycles. The lowest BCUT2D eigenvalue weighted by atomic mass is 10.1. The van der Waals surface area contributed by atoms with Crippen molar-refractivity contribution in [3.63, 3.8) is 0 Å². The number of hydrogen-bond donors (Lipinski definition) is 1. The second-order valence-corrected chi connectivity index (χ2v) is 8.10. The van der Waals surface area contributed by atoms with Gasteiger partial charge in [0.15, 0.2) is 5.13 Å². The van der Waals surface area contributed by atoms with Crippen LogP contribution in [0.3, 0.4) is 0 Å². The van der Waals surface area contributed by atoms with Crippen LogP contribution >= 0.6 is 22.9 Å². The van der Waals surface area contributed by atoms with Crippen molar-refractivity contribution in [2.24, 2.45) is 0 Å². The van der Waals surface area contributed by atoms with E-state index in [0.29, 0.717) is 11.7 Å². The van der Waals surface area contributed by atoms with Crippen molar-refractivity contribution in [2.75, 3.05) is 32.1 Å². The summed E-state index contributed by atoms with van der Waals surface area (Å²) < 4.78 is 0.953. The molecular weight excluding hydrogens is 400 g/mol. The van der Waals surface area contributed by atoms with E-state index in [2.05, 4.69) is 4.98 Å². The Hall–Kier alpha value is -2.55. The van der Waals surface area contributed by atoms with Crippen LogP contribution in [0, 0.1) is 10.1 Å². The minimum absolute atomic E-state index is 0.0334. The summed E-state index contributed by atoms with van der Waals surface area (Å²) in [5.74, 6) is -0.470. The Morgan fingerprint density at radius 1 is 1.29 bits per heavy atom. The van der Waals surface area contributed by atoms with Gasteiger partial charge in [0, 0.05) is 24.1 Å². The zero-order valence-electron chi connectivity index (χ0n) is 15.5. The van der Waals surface area contributed by atoms with E-state index in [0.717, 1.165) is 23.2 Å². The van der Waals surface area contributed by atoms with E-state index in [1.165, 1.54) is 39.3 Å². The first kappa shape index (κ1) is 20.2. The zero-order valence-corrected chi connectivity index (χ0v) is 17.1. The number of quaternary nitrogens is 1. The lowest BCUT2D eigenvalue weighted by Crippen LogP contribution is -3.05. The number of nitrogens with zero attached hydrogens (tertiary/aromatic N) is 3. The summed E-state index contributed by atoms with van der Waals surface area (Å²) in [5.41, 5.74) is 0.492. The normalized spacial score (nSPS) is 11.1. The van der Waals surface area contributed by atoms with Crippen LogP contribution in [0.4, 0.5) is 10.8 Å². The Morgan fingerprint density at radius 2 is 2.04 bits per heavy atom. The van der Waals surface area contributed by atoms with Gasteiger partial charge in [0.2, 0.25) is 0 Å². The average Bonchev–Trinajstić information content (AvgIpc) is 3.08. The average molecular weight is 420 g/mol. The Labute approximate surface area is 171 Å². The van der Waals surface area contributed by atoms with Gasteiger partial charge in [-0.25, -0.2) is 4.98 Å². The Bertz CT molecular complexity index is 988. The highest BCUT2D eigenvalue weighted by atomic mass is 35.5. The number of anilines is 1. The maximum Gasteiger partial charge on any atom is 0.282 e.